The molecular weight excluding hydrogens is 462 g/mol. The van der Waals surface area contributed by atoms with Crippen LogP contribution in [0.1, 0.15) is 25.3 Å². The van der Waals surface area contributed by atoms with Gasteiger partial charge in [-0.2, -0.15) is 0 Å². The normalized spacial score (nSPS) is 14.0. The van der Waals surface area contributed by atoms with Crippen molar-refractivity contribution in [2.75, 3.05) is 13.1 Å². The number of hydrogen-bond donors (Lipinski definition) is 9. The lowest BCUT2D eigenvalue weighted by Crippen LogP contribution is -2.59. The van der Waals surface area contributed by atoms with Crippen molar-refractivity contribution in [1.82, 2.24) is 16.0 Å². The van der Waals surface area contributed by atoms with E-state index in [1.165, 1.54) is 19.1 Å². The van der Waals surface area contributed by atoms with Gasteiger partial charge < -0.3 is 48.5 Å². The molecule has 0 saturated carbocycles. The summed E-state index contributed by atoms with van der Waals surface area (Å²) in [5.74, 6) is -3.74. The third kappa shape index (κ3) is 11.2. The Morgan fingerprint density at radius 2 is 1.66 bits per heavy atom. The van der Waals surface area contributed by atoms with Gasteiger partial charge in [-0.15, -0.1) is 0 Å². The molecule has 0 aliphatic carbocycles. The number of rotatable bonds is 14. The van der Waals surface area contributed by atoms with Crippen molar-refractivity contribution < 1.29 is 34.5 Å². The summed E-state index contributed by atoms with van der Waals surface area (Å²) in [5.41, 5.74) is 17.1. The van der Waals surface area contributed by atoms with Crippen LogP contribution in [0.25, 0.3) is 0 Å². The molecule has 35 heavy (non-hydrogen) atoms. The number of aliphatic hydroxyl groups is 1. The van der Waals surface area contributed by atoms with Gasteiger partial charge in [-0.1, -0.05) is 12.1 Å². The van der Waals surface area contributed by atoms with Crippen LogP contribution in [0, 0.1) is 0 Å². The zero-order valence-corrected chi connectivity index (χ0v) is 19.3. The topological polar surface area (TPSA) is 255 Å². The Hall–Kier alpha value is -3.91. The Morgan fingerprint density at radius 1 is 1.03 bits per heavy atom. The van der Waals surface area contributed by atoms with E-state index in [1.54, 1.807) is 12.1 Å². The Balaban J connectivity index is 2.85. The molecule has 0 radical (unpaired) electrons. The van der Waals surface area contributed by atoms with Gasteiger partial charge in [-0.25, -0.2) is 0 Å². The summed E-state index contributed by atoms with van der Waals surface area (Å²) >= 11 is 0. The summed E-state index contributed by atoms with van der Waals surface area (Å²) in [6.45, 7) is 0.764. The van der Waals surface area contributed by atoms with E-state index in [4.69, 9.17) is 22.3 Å². The maximum absolute atomic E-state index is 12.8. The van der Waals surface area contributed by atoms with Crippen molar-refractivity contribution in [1.29, 1.82) is 0 Å². The number of aromatic hydroxyl groups is 1. The first-order chi connectivity index (χ1) is 16.4. The zero-order chi connectivity index (χ0) is 26.5. The van der Waals surface area contributed by atoms with Crippen LogP contribution in [0.4, 0.5) is 0 Å². The Bertz CT molecular complexity index is 902. The van der Waals surface area contributed by atoms with Crippen molar-refractivity contribution in [3.63, 3.8) is 0 Å². The zero-order valence-electron chi connectivity index (χ0n) is 19.3. The second-order valence-corrected chi connectivity index (χ2v) is 7.83. The van der Waals surface area contributed by atoms with Gasteiger partial charge in [0, 0.05) is 6.54 Å². The number of phenolic OH excluding ortho intramolecular Hbond substituents is 1. The van der Waals surface area contributed by atoms with Gasteiger partial charge in [-0.3, -0.25) is 24.2 Å². The number of carboxylic acids is 1. The average molecular weight is 496 g/mol. The van der Waals surface area contributed by atoms with Crippen LogP contribution in [0.2, 0.25) is 0 Å². The quantitative estimate of drug-likeness (QED) is 0.0712. The maximum atomic E-state index is 12.8. The monoisotopic (exact) mass is 495 g/mol. The first-order valence-electron chi connectivity index (χ1n) is 10.8. The summed E-state index contributed by atoms with van der Waals surface area (Å²) in [5, 5.41) is 35.1. The molecule has 12 N–H and O–H groups in total. The number of aliphatic imine (C=N–C) groups is 1. The molecule has 1 aromatic carbocycles. The highest BCUT2D eigenvalue weighted by molar-refractivity contribution is 5.94. The maximum Gasteiger partial charge on any atom is 0.322 e. The van der Waals surface area contributed by atoms with Crippen molar-refractivity contribution in [3.05, 3.63) is 29.8 Å². The second-order valence-electron chi connectivity index (χ2n) is 7.83. The van der Waals surface area contributed by atoms with Crippen LogP contribution in [-0.4, -0.2) is 82.3 Å². The molecule has 0 bridgehead atoms. The standard InChI is InChI=1S/C21H33N7O7/c1-11(29)17(28-18(33)14(22)9-12-4-6-13(30)7-5-12)20(35)27-15(3-2-8-25-21(23)24)19(34)26-10-16(31)32/h4-7,11,14-15,17,29-30H,2-3,8-10,22H2,1H3,(H,26,34)(H,27,35)(H,28,33)(H,31,32)(H4,23,24,25). The van der Waals surface area contributed by atoms with Gasteiger partial charge >= 0.3 is 5.97 Å². The van der Waals surface area contributed by atoms with Crippen molar-refractivity contribution in [2.45, 2.75) is 50.4 Å². The highest BCUT2D eigenvalue weighted by Gasteiger charge is 2.31. The van der Waals surface area contributed by atoms with E-state index in [-0.39, 0.29) is 37.5 Å². The molecule has 0 aliphatic heterocycles. The van der Waals surface area contributed by atoms with Crippen molar-refractivity contribution >= 4 is 29.7 Å². The number of carboxylic acid groups (broad SMARTS) is 1. The second kappa shape index (κ2) is 14.4. The number of nitrogens with two attached hydrogens (primary N) is 3. The fourth-order valence-corrected chi connectivity index (χ4v) is 2.96. The van der Waals surface area contributed by atoms with E-state index >= 15 is 0 Å². The summed E-state index contributed by atoms with van der Waals surface area (Å²) in [4.78, 5) is 52.3. The van der Waals surface area contributed by atoms with E-state index in [0.29, 0.717) is 5.56 Å². The van der Waals surface area contributed by atoms with Gasteiger partial charge in [-0.05, 0) is 43.9 Å². The summed E-state index contributed by atoms with van der Waals surface area (Å²) in [7, 11) is 0. The number of benzene rings is 1. The molecule has 0 saturated heterocycles. The largest absolute Gasteiger partial charge is 0.508 e. The minimum absolute atomic E-state index is 0.0504. The minimum Gasteiger partial charge on any atom is -0.508 e. The molecule has 1 aromatic rings. The van der Waals surface area contributed by atoms with Gasteiger partial charge in [0.25, 0.3) is 0 Å². The molecular formula is C21H33N7O7. The number of hydrogen-bond acceptors (Lipinski definition) is 8. The third-order valence-corrected chi connectivity index (χ3v) is 4.78. The molecule has 0 aliphatic rings. The molecule has 14 nitrogen and oxygen atoms in total. The van der Waals surface area contributed by atoms with Crippen LogP contribution in [0.5, 0.6) is 5.75 Å². The Morgan fingerprint density at radius 3 is 2.20 bits per heavy atom. The number of aliphatic carboxylic acids is 1. The molecule has 194 valence electrons. The molecule has 0 aromatic heterocycles. The predicted octanol–water partition coefficient (Wildman–Crippen LogP) is -3.13. The van der Waals surface area contributed by atoms with Gasteiger partial charge in [0.1, 0.15) is 24.4 Å². The van der Waals surface area contributed by atoms with E-state index in [0.717, 1.165) is 0 Å². The average Bonchev–Trinajstić information content (AvgIpc) is 2.78. The van der Waals surface area contributed by atoms with Gasteiger partial charge in [0.2, 0.25) is 17.7 Å². The van der Waals surface area contributed by atoms with Gasteiger partial charge in [0.05, 0.1) is 12.1 Å². The predicted molar refractivity (Wildman–Crippen MR) is 126 cm³/mol. The fraction of sp³-hybridized carbons (Fsp3) is 0.476. The minimum atomic E-state index is -1.44. The van der Waals surface area contributed by atoms with E-state index in [1.807, 2.05) is 0 Å². The SMILES string of the molecule is CC(O)C(NC(=O)C(N)Cc1ccc(O)cc1)C(=O)NC(CCCN=C(N)N)C(=O)NCC(=O)O. The number of nitrogens with zero attached hydrogens (tertiary/aromatic N) is 1. The van der Waals surface area contributed by atoms with Crippen LogP contribution < -0.4 is 33.2 Å². The van der Waals surface area contributed by atoms with Crippen LogP contribution in [0.15, 0.2) is 29.3 Å². The van der Waals surface area contributed by atoms with E-state index in [9.17, 15) is 29.4 Å². The lowest BCUT2D eigenvalue weighted by Gasteiger charge is -2.25. The summed E-state index contributed by atoms with van der Waals surface area (Å²) < 4.78 is 0. The molecule has 4 unspecified atom stereocenters. The lowest BCUT2D eigenvalue weighted by molar-refractivity contribution is -0.138. The molecule has 14 heteroatoms. The molecule has 1 rings (SSSR count). The smallest absolute Gasteiger partial charge is 0.322 e. The molecule has 3 amide bonds. The number of carbonyl (C=O) groups excluding carboxylic acids is 3. The van der Waals surface area contributed by atoms with Crippen LogP contribution in [0.3, 0.4) is 0 Å². The highest BCUT2D eigenvalue weighted by atomic mass is 16.4. The summed E-state index contributed by atoms with van der Waals surface area (Å²) in [6, 6.07) is 2.36. The Kier molecular flexibility index (Phi) is 12.0. The van der Waals surface area contributed by atoms with Crippen molar-refractivity contribution in [3.8, 4) is 5.75 Å². The Labute approximate surface area is 201 Å². The van der Waals surface area contributed by atoms with Crippen molar-refractivity contribution in [2.24, 2.45) is 22.2 Å². The molecule has 0 heterocycles. The number of guanidine groups is 1. The highest BCUT2D eigenvalue weighted by Crippen LogP contribution is 2.11. The van der Waals surface area contributed by atoms with E-state index in [2.05, 4.69) is 20.9 Å². The molecule has 0 fully saturated rings. The first-order valence-corrected chi connectivity index (χ1v) is 10.8. The number of nitrogens with one attached hydrogen (secondary N) is 3. The third-order valence-electron chi connectivity index (χ3n) is 4.78. The number of carbonyl (C=O) groups is 4. The van der Waals surface area contributed by atoms with Crippen LogP contribution >= 0.6 is 0 Å². The number of amides is 3. The number of aliphatic hydroxyl groups excluding tert-OH is 1. The fourth-order valence-electron chi connectivity index (χ4n) is 2.96. The molecule has 4 atom stereocenters. The lowest BCUT2D eigenvalue weighted by atomic mass is 10.0. The molecule has 0 spiro atoms. The van der Waals surface area contributed by atoms with Crippen LogP contribution in [-0.2, 0) is 25.6 Å². The van der Waals surface area contributed by atoms with Gasteiger partial charge in [0.15, 0.2) is 5.96 Å². The summed E-state index contributed by atoms with van der Waals surface area (Å²) in [6.07, 6.45) is -0.920. The van der Waals surface area contributed by atoms with E-state index < -0.39 is 54.5 Å². The first kappa shape index (κ1) is 29.1. The number of phenols is 1.